The Balaban J connectivity index is 1.80. The lowest BCUT2D eigenvalue weighted by molar-refractivity contribution is 0.0472. The number of aromatic nitrogens is 1. The minimum Gasteiger partial charge on any atom is -0.497 e. The van der Waals surface area contributed by atoms with Crippen LogP contribution in [0.3, 0.4) is 0 Å². The molecule has 0 aliphatic carbocycles. The monoisotopic (exact) mass is 403 g/mol. The van der Waals surface area contributed by atoms with Gasteiger partial charge in [-0.15, -0.1) is 11.8 Å². The number of hydrogen-bond acceptors (Lipinski definition) is 6. The summed E-state index contributed by atoms with van der Waals surface area (Å²) in [5.74, 6) is 0.522. The van der Waals surface area contributed by atoms with Gasteiger partial charge in [0.2, 0.25) is 0 Å². The fraction of sp³-hybridized carbons (Fsp3) is 0.200. The van der Waals surface area contributed by atoms with Gasteiger partial charge in [0.15, 0.2) is 0 Å². The highest BCUT2D eigenvalue weighted by Gasteiger charge is 2.13. The van der Waals surface area contributed by atoms with Gasteiger partial charge in [-0.25, -0.2) is 9.78 Å². The molecule has 3 rings (SSSR count). The second kappa shape index (κ2) is 8.50. The molecule has 0 N–H and O–H groups in total. The van der Waals surface area contributed by atoms with Crippen molar-refractivity contribution in [2.45, 2.75) is 11.5 Å². The van der Waals surface area contributed by atoms with Crippen molar-refractivity contribution in [2.75, 3.05) is 20.5 Å². The Kier molecular flexibility index (Phi) is 6.08. The average Bonchev–Trinajstić information content (AvgIpc) is 2.70. The maximum absolute atomic E-state index is 12.4. The van der Waals surface area contributed by atoms with Gasteiger partial charge in [-0.3, -0.25) is 0 Å². The van der Waals surface area contributed by atoms with E-state index in [0.29, 0.717) is 27.8 Å². The first-order valence-electron chi connectivity index (χ1n) is 8.07. The number of thioether (sulfide) groups is 1. The van der Waals surface area contributed by atoms with Crippen molar-refractivity contribution in [1.29, 1.82) is 0 Å². The van der Waals surface area contributed by atoms with Crippen LogP contribution >= 0.6 is 23.4 Å². The maximum atomic E-state index is 12.4. The van der Waals surface area contributed by atoms with E-state index in [1.165, 1.54) is 14.2 Å². The Morgan fingerprint density at radius 1 is 1.07 bits per heavy atom. The van der Waals surface area contributed by atoms with Crippen molar-refractivity contribution >= 4 is 40.2 Å². The van der Waals surface area contributed by atoms with Gasteiger partial charge < -0.3 is 14.2 Å². The van der Waals surface area contributed by atoms with E-state index in [2.05, 4.69) is 4.98 Å². The number of nitrogens with zero attached hydrogens (tertiary/aromatic N) is 1. The van der Waals surface area contributed by atoms with Gasteiger partial charge >= 0.3 is 5.97 Å². The Hall–Kier alpha value is -2.44. The largest absolute Gasteiger partial charge is 0.497 e. The van der Waals surface area contributed by atoms with Crippen LogP contribution < -0.4 is 9.47 Å². The van der Waals surface area contributed by atoms with Gasteiger partial charge in [0.1, 0.15) is 23.3 Å². The molecule has 0 aliphatic heterocycles. The average molecular weight is 404 g/mol. The van der Waals surface area contributed by atoms with E-state index < -0.39 is 5.97 Å². The van der Waals surface area contributed by atoms with E-state index in [9.17, 15) is 4.79 Å². The van der Waals surface area contributed by atoms with E-state index in [0.717, 1.165) is 15.8 Å². The molecule has 1 aromatic heterocycles. The van der Waals surface area contributed by atoms with Gasteiger partial charge in [0.25, 0.3) is 0 Å². The number of benzene rings is 2. The molecule has 0 bridgehead atoms. The topological polar surface area (TPSA) is 57.7 Å². The van der Waals surface area contributed by atoms with Crippen molar-refractivity contribution in [3.05, 3.63) is 58.7 Å². The summed E-state index contributed by atoms with van der Waals surface area (Å²) in [6, 6.07) is 12.7. The summed E-state index contributed by atoms with van der Waals surface area (Å²) in [7, 11) is 3.04. The first-order chi connectivity index (χ1) is 13.0. The number of hydrogen-bond donors (Lipinski definition) is 0. The fourth-order valence-electron chi connectivity index (χ4n) is 2.55. The molecule has 27 heavy (non-hydrogen) atoms. The van der Waals surface area contributed by atoms with Crippen LogP contribution in [-0.2, 0) is 11.3 Å². The number of methoxy groups -OCH3 is 2. The molecule has 0 atom stereocenters. The van der Waals surface area contributed by atoms with Crippen LogP contribution in [0.2, 0.25) is 5.15 Å². The SMILES string of the molecule is COc1cc(OC)cc(C(=O)OCc2cc3ccc(SC)cc3nc2Cl)c1. The summed E-state index contributed by atoms with van der Waals surface area (Å²) in [5, 5.41) is 1.25. The molecule has 1 heterocycles. The lowest BCUT2D eigenvalue weighted by Gasteiger charge is -2.10. The molecule has 140 valence electrons. The molecule has 2 aromatic carbocycles. The maximum Gasteiger partial charge on any atom is 0.338 e. The fourth-order valence-corrected chi connectivity index (χ4v) is 3.18. The Labute approximate surface area is 166 Å². The van der Waals surface area contributed by atoms with Crippen molar-refractivity contribution in [3.63, 3.8) is 0 Å². The summed E-state index contributed by atoms with van der Waals surface area (Å²) in [6.07, 6.45) is 2.00. The number of pyridine rings is 1. The standard InChI is InChI=1S/C20H18ClNO4S/c1-24-15-7-13(8-16(9-15)25-2)20(23)26-11-14-6-12-4-5-17(27-3)10-18(12)22-19(14)21/h4-10H,11H2,1-3H3. The molecular formula is C20H18ClNO4S. The highest BCUT2D eigenvalue weighted by Crippen LogP contribution is 2.26. The predicted molar refractivity (Wildman–Crippen MR) is 107 cm³/mol. The second-order valence-corrected chi connectivity index (χ2v) is 6.91. The van der Waals surface area contributed by atoms with Crippen LogP contribution in [0.15, 0.2) is 47.4 Å². The first-order valence-corrected chi connectivity index (χ1v) is 9.67. The zero-order chi connectivity index (χ0) is 19.4. The number of ether oxygens (including phenoxy) is 3. The summed E-state index contributed by atoms with van der Waals surface area (Å²) in [5.41, 5.74) is 1.78. The summed E-state index contributed by atoms with van der Waals surface area (Å²) < 4.78 is 15.8. The normalized spacial score (nSPS) is 10.7. The Morgan fingerprint density at radius 3 is 2.41 bits per heavy atom. The molecule has 3 aromatic rings. The lowest BCUT2D eigenvalue weighted by atomic mass is 10.1. The minimum absolute atomic E-state index is 0.0183. The predicted octanol–water partition coefficient (Wildman–Crippen LogP) is 4.98. The lowest BCUT2D eigenvalue weighted by Crippen LogP contribution is -2.06. The van der Waals surface area contributed by atoms with Crippen LogP contribution in [0.25, 0.3) is 10.9 Å². The first kappa shape index (κ1) is 19.3. The molecule has 0 radical (unpaired) electrons. The van der Waals surface area contributed by atoms with Gasteiger partial charge in [0, 0.05) is 21.9 Å². The van der Waals surface area contributed by atoms with E-state index in [-0.39, 0.29) is 6.61 Å². The summed E-state index contributed by atoms with van der Waals surface area (Å²) in [6.45, 7) is 0.0183. The number of halogens is 1. The third-order valence-electron chi connectivity index (χ3n) is 4.00. The summed E-state index contributed by atoms with van der Waals surface area (Å²) >= 11 is 7.91. The van der Waals surface area contributed by atoms with Crippen LogP contribution in [-0.4, -0.2) is 31.4 Å². The van der Waals surface area contributed by atoms with Crippen molar-refractivity contribution < 1.29 is 19.0 Å². The molecule has 0 spiro atoms. The smallest absolute Gasteiger partial charge is 0.338 e. The number of carbonyl (C=O) groups excluding carboxylic acids is 1. The number of carbonyl (C=O) groups is 1. The third-order valence-corrected chi connectivity index (χ3v) is 5.05. The minimum atomic E-state index is -0.499. The molecule has 5 nitrogen and oxygen atoms in total. The third kappa shape index (κ3) is 4.46. The van der Waals surface area contributed by atoms with Crippen molar-refractivity contribution in [1.82, 2.24) is 4.98 Å². The van der Waals surface area contributed by atoms with Gasteiger partial charge in [-0.1, -0.05) is 17.7 Å². The molecular weight excluding hydrogens is 386 g/mol. The Bertz CT molecular complexity index is 971. The molecule has 0 saturated heterocycles. The zero-order valence-electron chi connectivity index (χ0n) is 15.1. The highest BCUT2D eigenvalue weighted by molar-refractivity contribution is 7.98. The van der Waals surface area contributed by atoms with Crippen molar-refractivity contribution in [2.24, 2.45) is 0 Å². The Morgan fingerprint density at radius 2 is 1.78 bits per heavy atom. The second-order valence-electron chi connectivity index (χ2n) is 5.67. The van der Waals surface area contributed by atoms with Gasteiger partial charge in [-0.2, -0.15) is 0 Å². The van der Waals surface area contributed by atoms with Crippen LogP contribution in [0.5, 0.6) is 11.5 Å². The number of fused-ring (bicyclic) bond motifs is 1. The zero-order valence-corrected chi connectivity index (χ0v) is 16.7. The molecule has 0 saturated carbocycles. The van der Waals surface area contributed by atoms with E-state index in [1.54, 1.807) is 30.0 Å². The van der Waals surface area contributed by atoms with Crippen LogP contribution in [0.4, 0.5) is 0 Å². The quantitative estimate of drug-likeness (QED) is 0.328. The summed E-state index contributed by atoms with van der Waals surface area (Å²) in [4.78, 5) is 17.9. The number of rotatable bonds is 6. The molecule has 7 heteroatoms. The molecule has 0 unspecified atom stereocenters. The number of esters is 1. The van der Waals surface area contributed by atoms with Crippen LogP contribution in [0, 0.1) is 0 Å². The van der Waals surface area contributed by atoms with E-state index in [1.807, 2.05) is 30.5 Å². The van der Waals surface area contributed by atoms with E-state index in [4.69, 9.17) is 25.8 Å². The van der Waals surface area contributed by atoms with Crippen molar-refractivity contribution in [3.8, 4) is 11.5 Å². The van der Waals surface area contributed by atoms with Crippen LogP contribution in [0.1, 0.15) is 15.9 Å². The van der Waals surface area contributed by atoms with E-state index >= 15 is 0 Å². The van der Waals surface area contributed by atoms with Gasteiger partial charge in [0.05, 0.1) is 25.3 Å². The highest BCUT2D eigenvalue weighted by atomic mass is 35.5. The molecule has 0 amide bonds. The molecule has 0 aliphatic rings. The molecule has 0 fully saturated rings. The van der Waals surface area contributed by atoms with Gasteiger partial charge in [-0.05, 0) is 36.6 Å².